The van der Waals surface area contributed by atoms with Crippen molar-refractivity contribution in [2.24, 2.45) is 0 Å². The first-order chi connectivity index (χ1) is 10.7. The van der Waals surface area contributed by atoms with Gasteiger partial charge in [-0.2, -0.15) is 0 Å². The maximum atomic E-state index is 12.4. The van der Waals surface area contributed by atoms with Crippen molar-refractivity contribution >= 4 is 17.2 Å². The molecular formula is C16H18N2O3S. The van der Waals surface area contributed by atoms with Crippen LogP contribution in [0, 0.1) is 6.92 Å². The van der Waals surface area contributed by atoms with Gasteiger partial charge >= 0.3 is 0 Å². The van der Waals surface area contributed by atoms with Gasteiger partial charge in [-0.25, -0.2) is 4.98 Å². The molecule has 0 aliphatic carbocycles. The Morgan fingerprint density at radius 1 is 1.41 bits per heavy atom. The van der Waals surface area contributed by atoms with Crippen LogP contribution in [0.4, 0.5) is 0 Å². The lowest BCUT2D eigenvalue weighted by Gasteiger charge is -2.26. The number of ether oxygens (including phenoxy) is 2. The topological polar surface area (TPSA) is 51.7 Å². The van der Waals surface area contributed by atoms with Crippen molar-refractivity contribution < 1.29 is 14.3 Å². The summed E-state index contributed by atoms with van der Waals surface area (Å²) in [4.78, 5) is 18.6. The summed E-state index contributed by atoms with van der Waals surface area (Å²) in [5, 5.41) is 3.01. The summed E-state index contributed by atoms with van der Waals surface area (Å²) < 4.78 is 11.0. The third kappa shape index (κ3) is 3.64. The first-order valence-corrected chi connectivity index (χ1v) is 8.11. The van der Waals surface area contributed by atoms with Crippen molar-refractivity contribution in [1.82, 2.24) is 9.88 Å². The molecule has 0 spiro atoms. The Morgan fingerprint density at radius 2 is 2.23 bits per heavy atom. The number of morpholine rings is 1. The fourth-order valence-electron chi connectivity index (χ4n) is 2.30. The lowest BCUT2D eigenvalue weighted by molar-refractivity contribution is 0.0302. The highest BCUT2D eigenvalue weighted by molar-refractivity contribution is 7.09. The minimum atomic E-state index is 0.0262. The van der Waals surface area contributed by atoms with Crippen molar-refractivity contribution in [2.45, 2.75) is 13.5 Å². The van der Waals surface area contributed by atoms with Crippen LogP contribution in [0.15, 0.2) is 29.6 Å². The van der Waals surface area contributed by atoms with Gasteiger partial charge in [0.2, 0.25) is 0 Å². The second kappa shape index (κ2) is 6.89. The van der Waals surface area contributed by atoms with Crippen LogP contribution in [0.25, 0.3) is 0 Å². The zero-order valence-corrected chi connectivity index (χ0v) is 13.3. The van der Waals surface area contributed by atoms with Crippen molar-refractivity contribution in [3.63, 3.8) is 0 Å². The van der Waals surface area contributed by atoms with Gasteiger partial charge in [0.25, 0.3) is 5.91 Å². The van der Waals surface area contributed by atoms with Gasteiger partial charge < -0.3 is 14.4 Å². The number of thiazole rings is 1. The molecular weight excluding hydrogens is 300 g/mol. The summed E-state index contributed by atoms with van der Waals surface area (Å²) in [5.74, 6) is 0.711. The second-order valence-electron chi connectivity index (χ2n) is 5.08. The van der Waals surface area contributed by atoms with E-state index in [1.54, 1.807) is 17.4 Å². The molecule has 0 N–H and O–H groups in total. The molecule has 0 saturated carbocycles. The number of carbonyl (C=O) groups excluding carboxylic acids is 1. The number of aryl methyl sites for hydroxylation is 1. The number of aromatic nitrogens is 1. The minimum absolute atomic E-state index is 0.0262. The van der Waals surface area contributed by atoms with Crippen molar-refractivity contribution in [3.05, 3.63) is 45.9 Å². The largest absolute Gasteiger partial charge is 0.487 e. The first kappa shape index (κ1) is 15.0. The van der Waals surface area contributed by atoms with Gasteiger partial charge in [0.15, 0.2) is 0 Å². The van der Waals surface area contributed by atoms with E-state index in [2.05, 4.69) is 4.98 Å². The maximum Gasteiger partial charge on any atom is 0.254 e. The molecule has 2 heterocycles. The number of hydrogen-bond acceptors (Lipinski definition) is 5. The van der Waals surface area contributed by atoms with Crippen LogP contribution in [0.5, 0.6) is 5.75 Å². The average molecular weight is 318 g/mol. The molecule has 0 atom stereocenters. The Kier molecular flexibility index (Phi) is 4.70. The second-order valence-corrected chi connectivity index (χ2v) is 6.14. The zero-order chi connectivity index (χ0) is 15.4. The van der Waals surface area contributed by atoms with Crippen LogP contribution in [0.1, 0.15) is 21.1 Å². The SMILES string of the molecule is Cc1nc(COc2cccc(C(=O)N3CCOCC3)c2)cs1. The summed E-state index contributed by atoms with van der Waals surface area (Å²) in [6, 6.07) is 7.30. The highest BCUT2D eigenvalue weighted by Gasteiger charge is 2.18. The van der Waals surface area contributed by atoms with Crippen LogP contribution in [-0.2, 0) is 11.3 Å². The summed E-state index contributed by atoms with van der Waals surface area (Å²) in [6.45, 7) is 4.87. The molecule has 1 fully saturated rings. The predicted octanol–water partition coefficient (Wildman–Crippen LogP) is 2.50. The standard InChI is InChI=1S/C16H18N2O3S/c1-12-17-14(11-22-12)10-21-15-4-2-3-13(9-15)16(19)18-5-7-20-8-6-18/h2-4,9,11H,5-8,10H2,1H3. The molecule has 1 aliphatic heterocycles. The minimum Gasteiger partial charge on any atom is -0.487 e. The quantitative estimate of drug-likeness (QED) is 0.869. The Balaban J connectivity index is 1.65. The monoisotopic (exact) mass is 318 g/mol. The highest BCUT2D eigenvalue weighted by Crippen LogP contribution is 2.18. The molecule has 2 aromatic rings. The normalized spacial score (nSPS) is 14.9. The molecule has 1 amide bonds. The Bertz CT molecular complexity index is 650. The summed E-state index contributed by atoms with van der Waals surface area (Å²) in [7, 11) is 0. The van der Waals surface area contributed by atoms with Gasteiger partial charge in [0, 0.05) is 24.0 Å². The van der Waals surface area contributed by atoms with E-state index in [-0.39, 0.29) is 5.91 Å². The van der Waals surface area contributed by atoms with E-state index in [9.17, 15) is 4.79 Å². The van der Waals surface area contributed by atoms with Crippen LogP contribution in [0.2, 0.25) is 0 Å². The van der Waals surface area contributed by atoms with E-state index in [4.69, 9.17) is 9.47 Å². The van der Waals surface area contributed by atoms with Gasteiger partial charge in [-0.05, 0) is 25.1 Å². The lowest BCUT2D eigenvalue weighted by atomic mass is 10.2. The third-order valence-corrected chi connectivity index (χ3v) is 4.25. The molecule has 6 heteroatoms. The van der Waals surface area contributed by atoms with Crippen LogP contribution >= 0.6 is 11.3 Å². The highest BCUT2D eigenvalue weighted by atomic mass is 32.1. The molecule has 0 radical (unpaired) electrons. The number of nitrogens with zero attached hydrogens (tertiary/aromatic N) is 2. The van der Waals surface area contributed by atoms with Gasteiger partial charge in [0.1, 0.15) is 12.4 Å². The molecule has 22 heavy (non-hydrogen) atoms. The van der Waals surface area contributed by atoms with Crippen LogP contribution < -0.4 is 4.74 Å². The van der Waals surface area contributed by atoms with Gasteiger partial charge in [-0.15, -0.1) is 11.3 Å². The van der Waals surface area contributed by atoms with E-state index in [1.807, 2.05) is 35.4 Å². The summed E-state index contributed by atoms with van der Waals surface area (Å²) in [6.07, 6.45) is 0. The predicted molar refractivity (Wildman–Crippen MR) is 84.3 cm³/mol. The van der Waals surface area contributed by atoms with Crippen LogP contribution in [0.3, 0.4) is 0 Å². The van der Waals surface area contributed by atoms with E-state index in [0.717, 1.165) is 10.7 Å². The Hall–Kier alpha value is -1.92. The fraction of sp³-hybridized carbons (Fsp3) is 0.375. The molecule has 0 bridgehead atoms. The van der Waals surface area contributed by atoms with E-state index >= 15 is 0 Å². The molecule has 5 nitrogen and oxygen atoms in total. The molecule has 1 aromatic heterocycles. The van der Waals surface area contributed by atoms with E-state index in [1.165, 1.54) is 0 Å². The van der Waals surface area contributed by atoms with Crippen LogP contribution in [-0.4, -0.2) is 42.1 Å². The first-order valence-electron chi connectivity index (χ1n) is 7.23. The van der Waals surface area contributed by atoms with Crippen molar-refractivity contribution in [1.29, 1.82) is 0 Å². The fourth-order valence-corrected chi connectivity index (χ4v) is 2.90. The van der Waals surface area contributed by atoms with E-state index < -0.39 is 0 Å². The molecule has 1 saturated heterocycles. The summed E-state index contributed by atoms with van der Waals surface area (Å²) >= 11 is 1.60. The van der Waals surface area contributed by atoms with E-state index in [0.29, 0.717) is 44.2 Å². The lowest BCUT2D eigenvalue weighted by Crippen LogP contribution is -2.40. The summed E-state index contributed by atoms with van der Waals surface area (Å²) in [5.41, 5.74) is 1.56. The van der Waals surface area contributed by atoms with Gasteiger partial charge in [-0.3, -0.25) is 4.79 Å². The number of benzene rings is 1. The van der Waals surface area contributed by atoms with Crippen molar-refractivity contribution in [3.8, 4) is 5.75 Å². The molecule has 116 valence electrons. The third-order valence-electron chi connectivity index (χ3n) is 3.43. The average Bonchev–Trinajstić information content (AvgIpc) is 2.99. The number of hydrogen-bond donors (Lipinski definition) is 0. The number of rotatable bonds is 4. The maximum absolute atomic E-state index is 12.4. The Morgan fingerprint density at radius 3 is 2.95 bits per heavy atom. The van der Waals surface area contributed by atoms with Gasteiger partial charge in [-0.1, -0.05) is 6.07 Å². The molecule has 1 aromatic carbocycles. The molecule has 0 unspecified atom stereocenters. The Labute approximate surface area is 133 Å². The van der Waals surface area contributed by atoms with Gasteiger partial charge in [0.05, 0.1) is 23.9 Å². The molecule has 1 aliphatic rings. The zero-order valence-electron chi connectivity index (χ0n) is 12.4. The number of carbonyl (C=O) groups is 1. The van der Waals surface area contributed by atoms with Crippen molar-refractivity contribution in [2.75, 3.05) is 26.3 Å². The number of amides is 1. The smallest absolute Gasteiger partial charge is 0.254 e. The molecule has 3 rings (SSSR count).